The molecule has 2 rings (SSSR count). The van der Waals surface area contributed by atoms with Crippen molar-refractivity contribution < 1.29 is 5.21 Å². The van der Waals surface area contributed by atoms with Crippen LogP contribution in [0.5, 0.6) is 0 Å². The Morgan fingerprint density at radius 2 is 2.04 bits per heavy atom. The second kappa shape index (κ2) is 9.19. The van der Waals surface area contributed by atoms with Crippen LogP contribution < -0.4 is 10.8 Å². The zero-order chi connectivity index (χ0) is 19.2. The summed E-state index contributed by atoms with van der Waals surface area (Å²) in [6.07, 6.45) is 6.25. The molecule has 0 fully saturated rings. The number of imidazole rings is 1. The number of nitrogens with zero attached hydrogens (tertiary/aromatic N) is 2. The van der Waals surface area contributed by atoms with E-state index in [0.717, 1.165) is 37.9 Å². The smallest absolute Gasteiger partial charge is 0.110 e. The zero-order valence-electron chi connectivity index (χ0n) is 16.8. The average molecular weight is 359 g/mol. The van der Waals surface area contributed by atoms with E-state index in [4.69, 9.17) is 10.2 Å². The highest BCUT2D eigenvalue weighted by molar-refractivity contribution is 5.77. The Hall–Kier alpha value is -1.85. The Morgan fingerprint density at radius 3 is 2.69 bits per heavy atom. The highest BCUT2D eigenvalue weighted by atomic mass is 16.5. The molecule has 1 heterocycles. The van der Waals surface area contributed by atoms with Crippen LogP contribution in [-0.4, -0.2) is 27.3 Å². The van der Waals surface area contributed by atoms with Gasteiger partial charge in [0.1, 0.15) is 5.82 Å². The summed E-state index contributed by atoms with van der Waals surface area (Å²) in [6, 6.07) is 7.01. The van der Waals surface area contributed by atoms with Gasteiger partial charge >= 0.3 is 0 Å². The molecule has 2 aromatic rings. The first-order chi connectivity index (χ1) is 12.3. The molecule has 1 aromatic carbocycles. The molecule has 0 aliphatic carbocycles. The summed E-state index contributed by atoms with van der Waals surface area (Å²) in [4.78, 5) is 4.95. The Bertz CT molecular complexity index is 725. The van der Waals surface area contributed by atoms with Gasteiger partial charge in [-0.2, -0.15) is 0 Å². The molecule has 0 aliphatic rings. The van der Waals surface area contributed by atoms with Gasteiger partial charge in [0.05, 0.1) is 11.0 Å². The molecule has 5 heteroatoms. The van der Waals surface area contributed by atoms with Crippen LogP contribution in [0.25, 0.3) is 11.0 Å². The van der Waals surface area contributed by atoms with Crippen LogP contribution in [0.1, 0.15) is 52.4 Å². The fraction of sp³-hybridized carbons (Fsp3) is 0.571. The molecule has 5 nitrogen and oxygen atoms in total. The van der Waals surface area contributed by atoms with E-state index < -0.39 is 0 Å². The van der Waals surface area contributed by atoms with Gasteiger partial charge in [0.2, 0.25) is 0 Å². The maximum Gasteiger partial charge on any atom is 0.110 e. The zero-order valence-corrected chi connectivity index (χ0v) is 16.8. The molecule has 0 amide bonds. The lowest BCUT2D eigenvalue weighted by Crippen LogP contribution is -2.25. The van der Waals surface area contributed by atoms with Crippen molar-refractivity contribution in [1.82, 2.24) is 20.3 Å². The molecule has 0 aliphatic heterocycles. The Morgan fingerprint density at radius 1 is 1.27 bits per heavy atom. The lowest BCUT2D eigenvalue weighted by molar-refractivity contribution is 0.214. The molecule has 0 bridgehead atoms. The maximum atomic E-state index is 8.64. The minimum absolute atomic E-state index is 0.202. The van der Waals surface area contributed by atoms with Crippen LogP contribution in [0.15, 0.2) is 30.5 Å². The third-order valence-electron chi connectivity index (χ3n) is 4.24. The molecule has 0 saturated carbocycles. The van der Waals surface area contributed by atoms with E-state index in [2.05, 4.69) is 62.7 Å². The van der Waals surface area contributed by atoms with E-state index >= 15 is 0 Å². The van der Waals surface area contributed by atoms with Crippen LogP contribution in [0.2, 0.25) is 0 Å². The summed E-state index contributed by atoms with van der Waals surface area (Å²) in [5, 5.41) is 12.1. The number of hydrogen-bond acceptors (Lipinski definition) is 4. The van der Waals surface area contributed by atoms with Gasteiger partial charge in [-0.05, 0) is 42.5 Å². The average Bonchev–Trinajstić information content (AvgIpc) is 2.86. The van der Waals surface area contributed by atoms with Gasteiger partial charge in [-0.15, -0.1) is 0 Å². The number of aryl methyl sites for hydroxylation is 1. The van der Waals surface area contributed by atoms with Gasteiger partial charge in [-0.3, -0.25) is 10.7 Å². The standard InChI is InChI=1S/C21H34N4O/c1-16(2)22-11-7-13-25-19-10-9-17(8-6-12-23-26)14-18(19)24-20(25)15-21(3,4)5/h6,9-10,12,14,16,22-23,26H,7-8,11,13,15H2,1-5H3/b12-6+. The van der Waals surface area contributed by atoms with Gasteiger partial charge in [-0.25, -0.2) is 4.98 Å². The summed E-state index contributed by atoms with van der Waals surface area (Å²) in [5.41, 5.74) is 5.71. The van der Waals surface area contributed by atoms with E-state index in [1.807, 2.05) is 11.6 Å². The first-order valence-corrected chi connectivity index (χ1v) is 9.56. The van der Waals surface area contributed by atoms with Gasteiger partial charge in [0.25, 0.3) is 0 Å². The highest BCUT2D eigenvalue weighted by Crippen LogP contribution is 2.25. The largest absolute Gasteiger partial charge is 0.328 e. The predicted octanol–water partition coefficient (Wildman–Crippen LogP) is 4.05. The van der Waals surface area contributed by atoms with E-state index in [1.165, 1.54) is 23.1 Å². The number of hydroxylamine groups is 1. The normalized spacial score (nSPS) is 12.6. The molecule has 144 valence electrons. The minimum atomic E-state index is 0.202. The number of fused-ring (bicyclic) bond motifs is 1. The van der Waals surface area contributed by atoms with Crippen molar-refractivity contribution in [2.45, 2.75) is 66.5 Å². The van der Waals surface area contributed by atoms with Crippen LogP contribution in [0, 0.1) is 5.41 Å². The van der Waals surface area contributed by atoms with Gasteiger partial charge in [-0.1, -0.05) is 46.8 Å². The van der Waals surface area contributed by atoms with Crippen molar-refractivity contribution in [1.29, 1.82) is 0 Å². The molecular formula is C21H34N4O. The fourth-order valence-corrected chi connectivity index (χ4v) is 3.09. The molecule has 0 spiro atoms. The monoisotopic (exact) mass is 358 g/mol. The number of rotatable bonds is 9. The first kappa shape index (κ1) is 20.5. The quantitative estimate of drug-likeness (QED) is 0.467. The topological polar surface area (TPSA) is 62.1 Å². The third kappa shape index (κ3) is 6.15. The number of nitrogens with one attached hydrogen (secondary N) is 2. The van der Waals surface area contributed by atoms with Gasteiger partial charge in [0.15, 0.2) is 0 Å². The fourth-order valence-electron chi connectivity index (χ4n) is 3.09. The minimum Gasteiger partial charge on any atom is -0.328 e. The van der Waals surface area contributed by atoms with Gasteiger partial charge < -0.3 is 9.88 Å². The Kier molecular flexibility index (Phi) is 7.23. The van der Waals surface area contributed by atoms with Crippen molar-refractivity contribution in [3.63, 3.8) is 0 Å². The summed E-state index contributed by atoms with van der Waals surface area (Å²) in [6.45, 7) is 13.1. The lowest BCUT2D eigenvalue weighted by Gasteiger charge is -2.19. The molecule has 0 unspecified atom stereocenters. The number of hydrogen-bond donors (Lipinski definition) is 3. The van der Waals surface area contributed by atoms with E-state index in [1.54, 1.807) is 0 Å². The molecule has 3 N–H and O–H groups in total. The molecular weight excluding hydrogens is 324 g/mol. The van der Waals surface area contributed by atoms with E-state index in [9.17, 15) is 0 Å². The van der Waals surface area contributed by atoms with Crippen molar-refractivity contribution in [3.8, 4) is 0 Å². The van der Waals surface area contributed by atoms with Crippen LogP contribution >= 0.6 is 0 Å². The second-order valence-electron chi connectivity index (χ2n) is 8.44. The first-order valence-electron chi connectivity index (χ1n) is 9.56. The predicted molar refractivity (Wildman–Crippen MR) is 108 cm³/mol. The van der Waals surface area contributed by atoms with Gasteiger partial charge in [0, 0.05) is 25.2 Å². The molecule has 26 heavy (non-hydrogen) atoms. The summed E-state index contributed by atoms with van der Waals surface area (Å²) in [7, 11) is 0. The SMILES string of the molecule is CC(C)NCCCn1c(CC(C)(C)C)nc2cc(C/C=C/NO)ccc21. The number of allylic oxidation sites excluding steroid dienone is 1. The summed E-state index contributed by atoms with van der Waals surface area (Å²) in [5.74, 6) is 1.17. The second-order valence-corrected chi connectivity index (χ2v) is 8.44. The number of aromatic nitrogens is 2. The van der Waals surface area contributed by atoms with Crippen molar-refractivity contribution in [2.75, 3.05) is 6.54 Å². The Balaban J connectivity index is 2.26. The summed E-state index contributed by atoms with van der Waals surface area (Å²) < 4.78 is 2.39. The molecule has 0 radical (unpaired) electrons. The highest BCUT2D eigenvalue weighted by Gasteiger charge is 2.18. The molecule has 0 saturated heterocycles. The van der Waals surface area contributed by atoms with Crippen LogP contribution in [0.3, 0.4) is 0 Å². The lowest BCUT2D eigenvalue weighted by atomic mass is 9.92. The van der Waals surface area contributed by atoms with Crippen molar-refractivity contribution >= 4 is 11.0 Å². The van der Waals surface area contributed by atoms with Crippen LogP contribution in [-0.2, 0) is 19.4 Å². The molecule has 0 atom stereocenters. The van der Waals surface area contributed by atoms with Crippen LogP contribution in [0.4, 0.5) is 0 Å². The summed E-state index contributed by atoms with van der Waals surface area (Å²) >= 11 is 0. The van der Waals surface area contributed by atoms with Crippen molar-refractivity contribution in [2.24, 2.45) is 5.41 Å². The van der Waals surface area contributed by atoms with E-state index in [-0.39, 0.29) is 5.41 Å². The van der Waals surface area contributed by atoms with E-state index in [0.29, 0.717) is 6.04 Å². The maximum absolute atomic E-state index is 8.64. The van der Waals surface area contributed by atoms with Crippen molar-refractivity contribution in [3.05, 3.63) is 41.9 Å². The third-order valence-corrected chi connectivity index (χ3v) is 4.24. The number of benzene rings is 1. The molecule has 1 aromatic heterocycles. The Labute approximate surface area is 157 Å².